The molecule has 0 bridgehead atoms. The van der Waals surface area contributed by atoms with E-state index >= 15 is 0 Å². The summed E-state index contributed by atoms with van der Waals surface area (Å²) in [6.45, 7) is 5.53. The van der Waals surface area contributed by atoms with Gasteiger partial charge in [-0.25, -0.2) is 0 Å². The summed E-state index contributed by atoms with van der Waals surface area (Å²) < 4.78 is 0. The summed E-state index contributed by atoms with van der Waals surface area (Å²) in [7, 11) is 0. The van der Waals surface area contributed by atoms with Gasteiger partial charge in [0, 0.05) is 19.3 Å². The lowest BCUT2D eigenvalue weighted by Gasteiger charge is -2.19. The average molecular weight is 1010 g/mol. The van der Waals surface area contributed by atoms with E-state index in [-0.39, 0.29) is 0 Å². The molecule has 0 aliphatic carbocycles. The molecule has 0 heterocycles. The highest BCUT2D eigenvalue weighted by Gasteiger charge is 2.22. The van der Waals surface area contributed by atoms with Crippen LogP contribution >= 0.6 is 0 Å². The first-order chi connectivity index (χ1) is 33.9. The van der Waals surface area contributed by atoms with Gasteiger partial charge in [0.25, 0.3) is 0 Å². The molecule has 0 aromatic rings. The summed E-state index contributed by atoms with van der Waals surface area (Å²) >= 11 is 0. The minimum absolute atomic E-state index is 0.345. The number of hydrogen-bond acceptors (Lipinski definition) is 8. The van der Waals surface area contributed by atoms with Gasteiger partial charge in [-0.05, 0) is 19.3 Å². The fourth-order valence-corrected chi connectivity index (χ4v) is 8.42. The zero-order valence-corrected chi connectivity index (χ0v) is 46.4. The number of aliphatic hydroxyl groups excluding tert-OH is 5. The first-order valence-electron chi connectivity index (χ1n) is 29.9. The molecule has 0 fully saturated rings. The molecule has 0 aliphatic rings. The van der Waals surface area contributed by atoms with Crippen LogP contribution in [-0.2, 0) is 14.4 Å². The molecule has 0 saturated carbocycles. The maximum Gasteiger partial charge on any atom is 0.303 e. The van der Waals surface area contributed by atoms with Gasteiger partial charge in [0.1, 0.15) is 18.3 Å². The van der Waals surface area contributed by atoms with Crippen LogP contribution in [0.5, 0.6) is 0 Å². The maximum atomic E-state index is 10.3. The summed E-state index contributed by atoms with van der Waals surface area (Å²) in [6, 6.07) is 0. The Morgan fingerprint density at radius 3 is 0.500 bits per heavy atom. The lowest BCUT2D eigenvalue weighted by molar-refractivity contribution is -0.138. The second-order valence-electron chi connectivity index (χ2n) is 20.3. The van der Waals surface area contributed by atoms with Gasteiger partial charge in [0.2, 0.25) is 0 Å². The Hall–Kier alpha value is -1.79. The lowest BCUT2D eigenvalue weighted by atomic mass is 10.0. The number of unbranched alkanes of at least 4 members (excludes halogenated alkanes) is 42. The zero-order chi connectivity index (χ0) is 52.8. The van der Waals surface area contributed by atoms with Gasteiger partial charge in [-0.3, -0.25) is 14.4 Å². The lowest BCUT2D eigenvalue weighted by Crippen LogP contribution is -2.41. The van der Waals surface area contributed by atoms with E-state index in [1.54, 1.807) is 0 Å². The Morgan fingerprint density at radius 1 is 0.257 bits per heavy atom. The van der Waals surface area contributed by atoms with Crippen molar-refractivity contribution in [2.45, 2.75) is 347 Å². The fraction of sp³-hybridized carbons (Fsp3) is 0.949. The van der Waals surface area contributed by atoms with Crippen molar-refractivity contribution in [3.63, 3.8) is 0 Å². The van der Waals surface area contributed by atoms with Crippen molar-refractivity contribution in [3.8, 4) is 0 Å². The van der Waals surface area contributed by atoms with Gasteiger partial charge >= 0.3 is 17.9 Å². The molecule has 0 saturated heterocycles. The van der Waals surface area contributed by atoms with Crippen molar-refractivity contribution in [1.29, 1.82) is 0 Å². The SMILES string of the molecule is CCCCCCCCCCCCCCCCCC(=O)O.CCCCCCCCCCCCCCCCCC(=O)O.CCCCCCCCCCCCCCCCCC(=O)O.OC[C@@H](O)C(O)[C@@H](O)CO. The van der Waals surface area contributed by atoms with Gasteiger partial charge in [0.15, 0.2) is 0 Å². The molecule has 8 N–H and O–H groups in total. The molecule has 1 unspecified atom stereocenters. The number of carboxylic acid groups (broad SMARTS) is 3. The number of hydrogen-bond donors (Lipinski definition) is 8. The summed E-state index contributed by atoms with van der Waals surface area (Å²) in [5, 5.41) is 68.1. The third-order valence-electron chi connectivity index (χ3n) is 13.1. The highest BCUT2D eigenvalue weighted by Crippen LogP contribution is 2.17. The molecule has 0 aliphatic heterocycles. The molecule has 0 spiro atoms. The average Bonchev–Trinajstić information content (AvgIpc) is 3.34. The Bertz CT molecular complexity index is 882. The zero-order valence-electron chi connectivity index (χ0n) is 46.4. The minimum Gasteiger partial charge on any atom is -0.481 e. The van der Waals surface area contributed by atoms with E-state index < -0.39 is 49.4 Å². The Morgan fingerprint density at radius 2 is 0.386 bits per heavy atom. The monoisotopic (exact) mass is 1000 g/mol. The maximum absolute atomic E-state index is 10.3. The predicted molar refractivity (Wildman–Crippen MR) is 294 cm³/mol. The van der Waals surface area contributed by atoms with Crippen molar-refractivity contribution < 1.29 is 55.2 Å². The Kier molecular flexibility index (Phi) is 71.8. The van der Waals surface area contributed by atoms with E-state index in [4.69, 9.17) is 40.9 Å². The molecule has 0 aromatic heterocycles. The molecule has 0 radical (unpaired) electrons. The van der Waals surface area contributed by atoms with Gasteiger partial charge in [-0.15, -0.1) is 0 Å². The standard InChI is InChI=1S/3C18H36O2.C5H12O5/c3*1-2-3-4-5-6-7-8-9-10-11-12-13-14-15-16-17-18(19)20;6-1-3(8)5(10)4(9)2-7/h3*2-17H2,1H3,(H,19,20);3-10H,1-2H2/t;;;3-,4+,5?. The third kappa shape index (κ3) is 75.1. The summed E-state index contributed by atoms with van der Waals surface area (Å²) in [6.07, 6.45) is 56.3. The second kappa shape index (κ2) is 67.2. The predicted octanol–water partition coefficient (Wildman–Crippen LogP) is 16.1. The van der Waals surface area contributed by atoms with Crippen LogP contribution in [-0.4, -0.2) is 90.3 Å². The molecule has 422 valence electrons. The molecule has 11 nitrogen and oxygen atoms in total. The van der Waals surface area contributed by atoms with E-state index in [0.29, 0.717) is 19.3 Å². The first kappa shape index (κ1) is 74.7. The van der Waals surface area contributed by atoms with Crippen LogP contribution in [0.1, 0.15) is 329 Å². The van der Waals surface area contributed by atoms with Crippen LogP contribution in [0.4, 0.5) is 0 Å². The van der Waals surface area contributed by atoms with E-state index in [9.17, 15) is 14.4 Å². The summed E-state index contributed by atoms with van der Waals surface area (Å²) in [4.78, 5) is 31.0. The number of carbonyl (C=O) groups is 3. The van der Waals surface area contributed by atoms with E-state index in [1.807, 2.05) is 0 Å². The molecular weight excluding hydrogens is 885 g/mol. The molecule has 0 aromatic carbocycles. The largest absolute Gasteiger partial charge is 0.481 e. The van der Waals surface area contributed by atoms with Gasteiger partial charge in [0.05, 0.1) is 13.2 Å². The van der Waals surface area contributed by atoms with Gasteiger partial charge in [-0.1, -0.05) is 290 Å². The molecular formula is C59H120O11. The molecule has 0 amide bonds. The van der Waals surface area contributed by atoms with Crippen molar-refractivity contribution in [3.05, 3.63) is 0 Å². The molecule has 70 heavy (non-hydrogen) atoms. The normalized spacial score (nSPS) is 12.2. The van der Waals surface area contributed by atoms with E-state index in [0.717, 1.165) is 38.5 Å². The number of aliphatic carboxylic acids is 3. The van der Waals surface area contributed by atoms with Crippen LogP contribution < -0.4 is 0 Å². The van der Waals surface area contributed by atoms with Crippen LogP contribution in [0.3, 0.4) is 0 Å². The molecule has 0 rings (SSSR count). The fourth-order valence-electron chi connectivity index (χ4n) is 8.42. The second-order valence-corrected chi connectivity index (χ2v) is 20.3. The van der Waals surface area contributed by atoms with E-state index in [2.05, 4.69) is 20.8 Å². The van der Waals surface area contributed by atoms with Crippen molar-refractivity contribution in [2.24, 2.45) is 0 Å². The highest BCUT2D eigenvalue weighted by molar-refractivity contribution is 5.67. The molecule has 11 heteroatoms. The minimum atomic E-state index is -1.49. The van der Waals surface area contributed by atoms with Crippen LogP contribution in [0.15, 0.2) is 0 Å². The van der Waals surface area contributed by atoms with Crippen LogP contribution in [0, 0.1) is 0 Å². The smallest absolute Gasteiger partial charge is 0.303 e. The summed E-state index contributed by atoms with van der Waals surface area (Å²) in [5.74, 6) is -1.96. The van der Waals surface area contributed by atoms with Crippen LogP contribution in [0.25, 0.3) is 0 Å². The van der Waals surface area contributed by atoms with E-state index in [1.165, 1.54) is 250 Å². The first-order valence-corrected chi connectivity index (χ1v) is 29.9. The Labute approximate surface area is 432 Å². The Balaban J connectivity index is -0.000000426. The van der Waals surface area contributed by atoms with Gasteiger partial charge in [-0.2, -0.15) is 0 Å². The highest BCUT2D eigenvalue weighted by atomic mass is 16.4. The number of rotatable bonds is 52. The van der Waals surface area contributed by atoms with Crippen LogP contribution in [0.2, 0.25) is 0 Å². The number of carboxylic acids is 3. The summed E-state index contributed by atoms with van der Waals surface area (Å²) in [5.41, 5.74) is 0. The van der Waals surface area contributed by atoms with Crippen molar-refractivity contribution >= 4 is 17.9 Å². The third-order valence-corrected chi connectivity index (χ3v) is 13.1. The molecule has 3 atom stereocenters. The van der Waals surface area contributed by atoms with Crippen molar-refractivity contribution in [1.82, 2.24) is 0 Å². The number of aliphatic hydroxyl groups is 5. The van der Waals surface area contributed by atoms with Gasteiger partial charge < -0.3 is 40.9 Å². The topological polar surface area (TPSA) is 213 Å². The van der Waals surface area contributed by atoms with Crippen molar-refractivity contribution in [2.75, 3.05) is 13.2 Å². The quantitative estimate of drug-likeness (QED) is 0.0269.